The van der Waals surface area contributed by atoms with Crippen LogP contribution in [-0.4, -0.2) is 9.55 Å². The van der Waals surface area contributed by atoms with Crippen LogP contribution >= 0.6 is 0 Å². The Morgan fingerprint density at radius 2 is 2.00 bits per heavy atom. The third kappa shape index (κ3) is 2.40. The van der Waals surface area contributed by atoms with Crippen molar-refractivity contribution < 1.29 is 4.39 Å². The van der Waals surface area contributed by atoms with E-state index in [0.29, 0.717) is 23.7 Å². The normalized spacial score (nSPS) is 10.4. The lowest BCUT2D eigenvalue weighted by Crippen LogP contribution is -2.24. The van der Waals surface area contributed by atoms with Gasteiger partial charge in [-0.1, -0.05) is 0 Å². The molecule has 1 aromatic heterocycles. The zero-order valence-electron chi connectivity index (χ0n) is 10.3. The molecule has 0 aliphatic rings. The second-order valence-corrected chi connectivity index (χ2v) is 3.95. The molecular weight excluding hydrogens is 233 g/mol. The van der Waals surface area contributed by atoms with Gasteiger partial charge < -0.3 is 5.32 Å². The van der Waals surface area contributed by atoms with Crippen molar-refractivity contribution in [2.24, 2.45) is 0 Å². The summed E-state index contributed by atoms with van der Waals surface area (Å²) in [6.07, 6.45) is 1.53. The molecule has 0 amide bonds. The molecule has 0 fully saturated rings. The van der Waals surface area contributed by atoms with E-state index in [9.17, 15) is 9.18 Å². The van der Waals surface area contributed by atoms with Crippen LogP contribution < -0.4 is 10.9 Å². The molecule has 94 valence electrons. The van der Waals surface area contributed by atoms with Crippen LogP contribution in [0.1, 0.15) is 12.5 Å². The fourth-order valence-corrected chi connectivity index (χ4v) is 1.65. The smallest absolute Gasteiger partial charge is 0.257 e. The van der Waals surface area contributed by atoms with Crippen molar-refractivity contribution in [3.05, 3.63) is 52.2 Å². The third-order valence-corrected chi connectivity index (χ3v) is 2.64. The van der Waals surface area contributed by atoms with Gasteiger partial charge in [0.2, 0.25) is 5.95 Å². The average molecular weight is 247 g/mol. The van der Waals surface area contributed by atoms with Crippen molar-refractivity contribution in [2.75, 3.05) is 5.32 Å². The number of nitrogens with zero attached hydrogens (tertiary/aromatic N) is 2. The van der Waals surface area contributed by atoms with Crippen LogP contribution in [0.15, 0.2) is 35.3 Å². The van der Waals surface area contributed by atoms with Gasteiger partial charge in [-0.15, -0.1) is 0 Å². The van der Waals surface area contributed by atoms with Gasteiger partial charge in [0, 0.05) is 24.0 Å². The molecule has 4 nitrogen and oxygen atoms in total. The molecule has 0 aliphatic heterocycles. The fourth-order valence-electron chi connectivity index (χ4n) is 1.65. The van der Waals surface area contributed by atoms with Crippen LogP contribution in [0, 0.1) is 12.7 Å². The van der Waals surface area contributed by atoms with Crippen LogP contribution in [0.5, 0.6) is 0 Å². The average Bonchev–Trinajstić information content (AvgIpc) is 2.37. The standard InChI is InChI=1S/C13H14FN3O/c1-3-17-12(18)9(2)8-15-13(17)16-11-6-4-10(14)5-7-11/h4-8H,3H2,1-2H3,(H,15,16). The first-order valence-corrected chi connectivity index (χ1v) is 5.71. The zero-order chi connectivity index (χ0) is 13.1. The Bertz CT molecular complexity index is 605. The molecule has 2 aromatic rings. The van der Waals surface area contributed by atoms with Crippen LogP contribution in [0.3, 0.4) is 0 Å². The van der Waals surface area contributed by atoms with Crippen LogP contribution in [0.25, 0.3) is 0 Å². The quantitative estimate of drug-likeness (QED) is 0.906. The zero-order valence-corrected chi connectivity index (χ0v) is 10.3. The van der Waals surface area contributed by atoms with Crippen molar-refractivity contribution in [1.29, 1.82) is 0 Å². The summed E-state index contributed by atoms with van der Waals surface area (Å²) >= 11 is 0. The second kappa shape index (κ2) is 5.00. The molecule has 0 bridgehead atoms. The number of benzene rings is 1. The molecular formula is C13H14FN3O. The maximum atomic E-state index is 12.8. The van der Waals surface area contributed by atoms with Gasteiger partial charge in [-0.25, -0.2) is 9.37 Å². The van der Waals surface area contributed by atoms with Gasteiger partial charge in [-0.2, -0.15) is 0 Å². The van der Waals surface area contributed by atoms with Crippen molar-refractivity contribution in [3.8, 4) is 0 Å². The van der Waals surface area contributed by atoms with Gasteiger partial charge >= 0.3 is 0 Å². The van der Waals surface area contributed by atoms with E-state index in [4.69, 9.17) is 0 Å². The highest BCUT2D eigenvalue weighted by Gasteiger charge is 2.06. The number of anilines is 2. The molecule has 0 unspecified atom stereocenters. The van der Waals surface area contributed by atoms with Crippen LogP contribution in [0.2, 0.25) is 0 Å². The molecule has 0 aliphatic carbocycles. The van der Waals surface area contributed by atoms with Gasteiger partial charge in [0.25, 0.3) is 5.56 Å². The molecule has 5 heteroatoms. The minimum absolute atomic E-state index is 0.0721. The van der Waals surface area contributed by atoms with Gasteiger partial charge in [0.05, 0.1) is 0 Å². The van der Waals surface area contributed by atoms with Gasteiger partial charge in [0.15, 0.2) is 0 Å². The first kappa shape index (κ1) is 12.3. The lowest BCUT2D eigenvalue weighted by molar-refractivity contribution is 0.628. The molecule has 1 aromatic carbocycles. The Kier molecular flexibility index (Phi) is 3.41. The van der Waals surface area contributed by atoms with E-state index in [1.807, 2.05) is 6.92 Å². The Morgan fingerprint density at radius 1 is 1.33 bits per heavy atom. The molecule has 0 saturated carbocycles. The monoisotopic (exact) mass is 247 g/mol. The maximum absolute atomic E-state index is 12.8. The highest BCUT2D eigenvalue weighted by atomic mass is 19.1. The van der Waals surface area contributed by atoms with Crippen molar-refractivity contribution in [1.82, 2.24) is 9.55 Å². The van der Waals surface area contributed by atoms with Gasteiger partial charge in [-0.3, -0.25) is 9.36 Å². The first-order chi connectivity index (χ1) is 8.61. The van der Waals surface area contributed by atoms with Crippen molar-refractivity contribution in [3.63, 3.8) is 0 Å². The predicted octanol–water partition coefficient (Wildman–Crippen LogP) is 2.45. The summed E-state index contributed by atoms with van der Waals surface area (Å²) in [4.78, 5) is 16.1. The van der Waals surface area contributed by atoms with Gasteiger partial charge in [-0.05, 0) is 38.1 Å². The fraction of sp³-hybridized carbons (Fsp3) is 0.231. The lowest BCUT2D eigenvalue weighted by Gasteiger charge is -2.12. The van der Waals surface area contributed by atoms with Crippen LogP contribution in [0.4, 0.5) is 16.0 Å². The highest BCUT2D eigenvalue weighted by molar-refractivity contribution is 5.53. The molecule has 0 spiro atoms. The van der Waals surface area contributed by atoms with Crippen molar-refractivity contribution >= 4 is 11.6 Å². The Balaban J connectivity index is 2.37. The topological polar surface area (TPSA) is 46.9 Å². The lowest BCUT2D eigenvalue weighted by atomic mass is 10.3. The number of hydrogen-bond acceptors (Lipinski definition) is 3. The van der Waals surface area contributed by atoms with Gasteiger partial charge in [0.1, 0.15) is 5.82 Å². The van der Waals surface area contributed by atoms with E-state index in [-0.39, 0.29) is 11.4 Å². The van der Waals surface area contributed by atoms with E-state index in [2.05, 4.69) is 10.3 Å². The summed E-state index contributed by atoms with van der Waals surface area (Å²) in [5.74, 6) is 0.157. The molecule has 1 heterocycles. The van der Waals surface area contributed by atoms with E-state index >= 15 is 0 Å². The molecule has 2 rings (SSSR count). The predicted molar refractivity (Wildman–Crippen MR) is 68.6 cm³/mol. The highest BCUT2D eigenvalue weighted by Crippen LogP contribution is 2.13. The number of rotatable bonds is 3. The number of aromatic nitrogens is 2. The Hall–Kier alpha value is -2.17. The summed E-state index contributed by atoms with van der Waals surface area (Å²) in [5, 5.41) is 3.00. The summed E-state index contributed by atoms with van der Waals surface area (Å²) in [6, 6.07) is 5.90. The summed E-state index contributed by atoms with van der Waals surface area (Å²) in [6.45, 7) is 4.12. The number of nitrogens with one attached hydrogen (secondary N) is 1. The first-order valence-electron chi connectivity index (χ1n) is 5.71. The second-order valence-electron chi connectivity index (χ2n) is 3.95. The minimum atomic E-state index is -0.301. The SMILES string of the molecule is CCn1c(Nc2ccc(F)cc2)ncc(C)c1=O. The summed E-state index contributed by atoms with van der Waals surface area (Å²) < 4.78 is 14.3. The Labute approximate surface area is 104 Å². The van der Waals surface area contributed by atoms with E-state index in [1.165, 1.54) is 18.3 Å². The molecule has 0 saturated heterocycles. The molecule has 18 heavy (non-hydrogen) atoms. The van der Waals surface area contributed by atoms with Crippen LogP contribution in [-0.2, 0) is 6.54 Å². The molecule has 0 atom stereocenters. The summed E-state index contributed by atoms with van der Waals surface area (Å²) in [5.41, 5.74) is 1.22. The van der Waals surface area contributed by atoms with E-state index < -0.39 is 0 Å². The number of aryl methyl sites for hydroxylation is 1. The maximum Gasteiger partial charge on any atom is 0.257 e. The van der Waals surface area contributed by atoms with E-state index in [1.54, 1.807) is 23.6 Å². The number of halogens is 1. The number of hydrogen-bond donors (Lipinski definition) is 1. The Morgan fingerprint density at radius 3 is 2.61 bits per heavy atom. The molecule has 0 radical (unpaired) electrons. The van der Waals surface area contributed by atoms with E-state index in [0.717, 1.165) is 0 Å². The van der Waals surface area contributed by atoms with Crippen molar-refractivity contribution in [2.45, 2.75) is 20.4 Å². The third-order valence-electron chi connectivity index (χ3n) is 2.64. The largest absolute Gasteiger partial charge is 0.326 e. The molecule has 1 N–H and O–H groups in total. The summed E-state index contributed by atoms with van der Waals surface area (Å²) in [7, 11) is 0. The minimum Gasteiger partial charge on any atom is -0.326 e.